The van der Waals surface area contributed by atoms with E-state index in [4.69, 9.17) is 0 Å². The fourth-order valence-electron chi connectivity index (χ4n) is 1.53. The molecule has 3 nitrogen and oxygen atoms in total. The molecule has 0 aliphatic carbocycles. The van der Waals surface area contributed by atoms with Crippen LogP contribution >= 0.6 is 15.9 Å². The molecule has 1 N–H and O–H groups in total. The third-order valence-electron chi connectivity index (χ3n) is 2.21. The lowest BCUT2D eigenvalue weighted by atomic mass is 10.1. The Labute approximate surface area is 97.8 Å². The molecule has 1 heterocycles. The number of fused-ring (bicyclic) bond motifs is 1. The SMILES string of the molecule is O=S1(=O)NCc2c(C(F)(F)F)cc(Br)cc21. The summed E-state index contributed by atoms with van der Waals surface area (Å²) in [5.74, 6) is 0. The normalized spacial score (nSPS) is 18.5. The molecule has 0 atom stereocenters. The monoisotopic (exact) mass is 315 g/mol. The van der Waals surface area contributed by atoms with Crippen molar-refractivity contribution < 1.29 is 21.6 Å². The highest BCUT2D eigenvalue weighted by Gasteiger charge is 2.39. The fourth-order valence-corrected chi connectivity index (χ4v) is 3.42. The van der Waals surface area contributed by atoms with Crippen LogP contribution in [-0.4, -0.2) is 8.42 Å². The second kappa shape index (κ2) is 3.44. The maximum absolute atomic E-state index is 12.6. The lowest BCUT2D eigenvalue weighted by Crippen LogP contribution is -2.13. The molecule has 1 aliphatic rings. The molecule has 0 fully saturated rings. The second-order valence-electron chi connectivity index (χ2n) is 3.25. The van der Waals surface area contributed by atoms with E-state index < -0.39 is 21.8 Å². The van der Waals surface area contributed by atoms with Crippen molar-refractivity contribution in [1.29, 1.82) is 0 Å². The number of nitrogens with one attached hydrogen (secondary N) is 1. The van der Waals surface area contributed by atoms with Gasteiger partial charge in [-0.2, -0.15) is 13.2 Å². The van der Waals surface area contributed by atoms with E-state index in [1.165, 1.54) is 6.07 Å². The van der Waals surface area contributed by atoms with E-state index in [0.29, 0.717) is 0 Å². The molecule has 0 unspecified atom stereocenters. The molecule has 0 bridgehead atoms. The van der Waals surface area contributed by atoms with Crippen molar-refractivity contribution in [3.8, 4) is 0 Å². The van der Waals surface area contributed by atoms with Crippen LogP contribution in [0, 0.1) is 0 Å². The predicted octanol–water partition coefficient (Wildman–Crippen LogP) is 2.26. The summed E-state index contributed by atoms with van der Waals surface area (Å²) in [5.41, 5.74) is -1.15. The minimum absolute atomic E-state index is 0.0888. The predicted molar refractivity (Wildman–Crippen MR) is 53.2 cm³/mol. The van der Waals surface area contributed by atoms with Gasteiger partial charge in [0.25, 0.3) is 0 Å². The summed E-state index contributed by atoms with van der Waals surface area (Å²) in [6.07, 6.45) is -4.56. The molecule has 8 heteroatoms. The molecule has 2 rings (SSSR count). The minimum atomic E-state index is -4.56. The van der Waals surface area contributed by atoms with Gasteiger partial charge in [0, 0.05) is 11.0 Å². The lowest BCUT2D eigenvalue weighted by molar-refractivity contribution is -0.138. The van der Waals surface area contributed by atoms with Gasteiger partial charge in [-0.25, -0.2) is 13.1 Å². The Morgan fingerprint density at radius 1 is 1.31 bits per heavy atom. The number of sulfonamides is 1. The van der Waals surface area contributed by atoms with Crippen LogP contribution in [0.4, 0.5) is 13.2 Å². The van der Waals surface area contributed by atoms with Crippen molar-refractivity contribution >= 4 is 26.0 Å². The molecule has 0 saturated heterocycles. The van der Waals surface area contributed by atoms with Crippen molar-refractivity contribution in [2.45, 2.75) is 17.6 Å². The van der Waals surface area contributed by atoms with E-state index in [1.54, 1.807) is 0 Å². The van der Waals surface area contributed by atoms with E-state index in [9.17, 15) is 21.6 Å². The van der Waals surface area contributed by atoms with Crippen molar-refractivity contribution in [3.63, 3.8) is 0 Å². The first-order chi connectivity index (χ1) is 7.22. The van der Waals surface area contributed by atoms with Gasteiger partial charge < -0.3 is 0 Å². The van der Waals surface area contributed by atoms with Gasteiger partial charge in [0.1, 0.15) is 0 Å². The number of benzene rings is 1. The van der Waals surface area contributed by atoms with Gasteiger partial charge in [-0.05, 0) is 17.7 Å². The second-order valence-corrected chi connectivity index (χ2v) is 5.90. The Morgan fingerprint density at radius 3 is 2.50 bits per heavy atom. The van der Waals surface area contributed by atoms with Crippen LogP contribution in [0.1, 0.15) is 11.1 Å². The van der Waals surface area contributed by atoms with Gasteiger partial charge in [0.05, 0.1) is 10.5 Å². The molecule has 0 aromatic heterocycles. The van der Waals surface area contributed by atoms with E-state index >= 15 is 0 Å². The highest BCUT2D eigenvalue weighted by atomic mass is 79.9. The van der Waals surface area contributed by atoms with Crippen LogP contribution in [0.15, 0.2) is 21.5 Å². The smallest absolute Gasteiger partial charge is 0.207 e. The third-order valence-corrected chi connectivity index (χ3v) is 4.13. The molecule has 16 heavy (non-hydrogen) atoms. The van der Waals surface area contributed by atoms with Gasteiger partial charge in [0.2, 0.25) is 10.0 Å². The van der Waals surface area contributed by atoms with Gasteiger partial charge in [-0.3, -0.25) is 0 Å². The summed E-state index contributed by atoms with van der Waals surface area (Å²) in [6, 6.07) is 2.04. The lowest BCUT2D eigenvalue weighted by Gasteiger charge is -2.11. The third kappa shape index (κ3) is 1.85. The number of alkyl halides is 3. The van der Waals surface area contributed by atoms with Crippen molar-refractivity contribution in [2.24, 2.45) is 0 Å². The van der Waals surface area contributed by atoms with Crippen molar-refractivity contribution in [3.05, 3.63) is 27.7 Å². The molecular formula is C8H5BrF3NO2S. The summed E-state index contributed by atoms with van der Waals surface area (Å²) >= 11 is 2.87. The molecule has 0 spiro atoms. The largest absolute Gasteiger partial charge is 0.416 e. The summed E-state index contributed by atoms with van der Waals surface area (Å²) in [4.78, 5) is -0.311. The maximum Gasteiger partial charge on any atom is 0.416 e. The minimum Gasteiger partial charge on any atom is -0.207 e. The average Bonchev–Trinajstić information content (AvgIpc) is 2.40. The maximum atomic E-state index is 12.6. The summed E-state index contributed by atoms with van der Waals surface area (Å²) < 4.78 is 62.8. The zero-order valence-corrected chi connectivity index (χ0v) is 10.0. The highest BCUT2D eigenvalue weighted by Crippen LogP contribution is 2.38. The molecule has 1 aromatic carbocycles. The van der Waals surface area contributed by atoms with Crippen LogP contribution in [-0.2, 0) is 22.7 Å². The van der Waals surface area contributed by atoms with Crippen LogP contribution in [0.25, 0.3) is 0 Å². The number of hydrogen-bond donors (Lipinski definition) is 1. The van der Waals surface area contributed by atoms with Gasteiger partial charge in [-0.15, -0.1) is 0 Å². The fraction of sp³-hybridized carbons (Fsp3) is 0.250. The number of halogens is 4. The summed E-state index contributed by atoms with van der Waals surface area (Å²) in [5, 5.41) is 0. The van der Waals surface area contributed by atoms with E-state index in [0.717, 1.165) is 6.07 Å². The highest BCUT2D eigenvalue weighted by molar-refractivity contribution is 9.10. The quantitative estimate of drug-likeness (QED) is 0.798. The Kier molecular flexibility index (Phi) is 2.56. The molecule has 1 aromatic rings. The molecule has 0 radical (unpaired) electrons. The standard InChI is InChI=1S/C8H5BrF3NO2S/c9-4-1-6(8(10,11)12)5-3-13-16(14,15)7(5)2-4/h1-2,13H,3H2. The first kappa shape index (κ1) is 11.9. The molecular weight excluding hydrogens is 311 g/mol. The van der Waals surface area contributed by atoms with Gasteiger partial charge >= 0.3 is 6.18 Å². The molecule has 88 valence electrons. The topological polar surface area (TPSA) is 46.2 Å². The molecule has 0 amide bonds. The zero-order chi connectivity index (χ0) is 12.1. The van der Waals surface area contributed by atoms with Crippen LogP contribution in [0.5, 0.6) is 0 Å². The Morgan fingerprint density at radius 2 is 1.94 bits per heavy atom. The molecule has 1 aliphatic heterocycles. The van der Waals surface area contributed by atoms with E-state index in [1.807, 2.05) is 0 Å². The van der Waals surface area contributed by atoms with Gasteiger partial charge in [0.15, 0.2) is 0 Å². The Hall–Kier alpha value is -0.600. The van der Waals surface area contributed by atoms with Gasteiger partial charge in [-0.1, -0.05) is 15.9 Å². The van der Waals surface area contributed by atoms with Crippen LogP contribution in [0.2, 0.25) is 0 Å². The number of hydrogen-bond acceptors (Lipinski definition) is 2. The zero-order valence-electron chi connectivity index (χ0n) is 7.60. The Balaban J connectivity index is 2.77. The van der Waals surface area contributed by atoms with E-state index in [2.05, 4.69) is 20.7 Å². The average molecular weight is 316 g/mol. The first-order valence-electron chi connectivity index (χ1n) is 4.11. The Bertz CT molecular complexity index is 553. The van der Waals surface area contributed by atoms with Crippen LogP contribution in [0.3, 0.4) is 0 Å². The van der Waals surface area contributed by atoms with Crippen molar-refractivity contribution in [1.82, 2.24) is 4.72 Å². The van der Waals surface area contributed by atoms with E-state index in [-0.39, 0.29) is 21.5 Å². The first-order valence-corrected chi connectivity index (χ1v) is 6.39. The van der Waals surface area contributed by atoms with Crippen molar-refractivity contribution in [2.75, 3.05) is 0 Å². The molecule has 0 saturated carbocycles. The number of rotatable bonds is 0. The van der Waals surface area contributed by atoms with Crippen LogP contribution < -0.4 is 4.72 Å². The summed E-state index contributed by atoms with van der Waals surface area (Å²) in [7, 11) is -3.79. The summed E-state index contributed by atoms with van der Waals surface area (Å²) in [6.45, 7) is -0.320.